The van der Waals surface area contributed by atoms with Crippen LogP contribution in [0.3, 0.4) is 0 Å². The fraction of sp³-hybridized carbons (Fsp3) is 0.875. The van der Waals surface area contributed by atoms with Gasteiger partial charge in [0.2, 0.25) is 0 Å². The molecule has 0 unspecified atom stereocenters. The Bertz CT molecular complexity index is 130. The lowest BCUT2D eigenvalue weighted by Crippen LogP contribution is -2.40. The Morgan fingerprint density at radius 2 is 2.00 bits per heavy atom. The van der Waals surface area contributed by atoms with E-state index in [0.717, 1.165) is 12.8 Å². The first kappa shape index (κ1) is 8.53. The third-order valence-corrected chi connectivity index (χ3v) is 2.14. The van der Waals surface area contributed by atoms with Gasteiger partial charge >= 0.3 is 0 Å². The number of hydrogen-bond acceptors (Lipinski definition) is 3. The van der Waals surface area contributed by atoms with Crippen LogP contribution >= 0.6 is 0 Å². The summed E-state index contributed by atoms with van der Waals surface area (Å²) < 4.78 is 0. The maximum atomic E-state index is 10.1. The maximum Gasteiger partial charge on any atom is 0.0552 e. The second-order valence-corrected chi connectivity index (χ2v) is 3.09. The van der Waals surface area contributed by atoms with Gasteiger partial charge in [0.1, 0.15) is 0 Å². The van der Waals surface area contributed by atoms with Crippen LogP contribution in [0.15, 0.2) is 0 Å². The third kappa shape index (κ3) is 3.37. The first-order valence-corrected chi connectivity index (χ1v) is 4.22. The van der Waals surface area contributed by atoms with Crippen molar-refractivity contribution >= 4 is 5.97 Å². The van der Waals surface area contributed by atoms with Gasteiger partial charge in [-0.15, -0.1) is 0 Å². The summed E-state index contributed by atoms with van der Waals surface area (Å²) in [5.74, 6) is -1.00. The Labute approximate surface area is 66.8 Å². The fourth-order valence-electron chi connectivity index (χ4n) is 1.53. The van der Waals surface area contributed by atoms with Crippen LogP contribution in [0.1, 0.15) is 32.1 Å². The van der Waals surface area contributed by atoms with Crippen molar-refractivity contribution in [1.29, 1.82) is 0 Å². The molecule has 1 fully saturated rings. The molecule has 64 valence electrons. The summed E-state index contributed by atoms with van der Waals surface area (Å²) in [6.07, 6.45) is 5.99. The summed E-state index contributed by atoms with van der Waals surface area (Å²) in [6, 6.07) is 0.418. The molecule has 0 aromatic carbocycles. The normalized spacial score (nSPS) is 20.0. The molecule has 1 aliphatic carbocycles. The Kier molecular flexibility index (Phi) is 3.36. The van der Waals surface area contributed by atoms with Crippen molar-refractivity contribution in [3.63, 3.8) is 0 Å². The minimum absolute atomic E-state index is 0.00463. The SMILES string of the molecule is O=C([O-])CNC1CCCCC1. The van der Waals surface area contributed by atoms with E-state index in [1.54, 1.807) is 0 Å². The summed E-state index contributed by atoms with van der Waals surface area (Å²) in [6.45, 7) is 0.00463. The van der Waals surface area contributed by atoms with Gasteiger partial charge in [-0.3, -0.25) is 0 Å². The molecule has 0 radical (unpaired) electrons. The second kappa shape index (κ2) is 4.34. The van der Waals surface area contributed by atoms with Crippen LogP contribution < -0.4 is 10.4 Å². The molecule has 0 bridgehead atoms. The predicted octanol–water partition coefficient (Wildman–Crippen LogP) is -0.341. The highest BCUT2D eigenvalue weighted by Crippen LogP contribution is 2.16. The highest BCUT2D eigenvalue weighted by molar-refractivity contribution is 5.66. The van der Waals surface area contributed by atoms with Gasteiger partial charge in [-0.05, 0) is 12.8 Å². The number of carbonyl (C=O) groups excluding carboxylic acids is 1. The summed E-state index contributed by atoms with van der Waals surface area (Å²) in [5.41, 5.74) is 0. The number of rotatable bonds is 3. The van der Waals surface area contributed by atoms with E-state index < -0.39 is 5.97 Å². The summed E-state index contributed by atoms with van der Waals surface area (Å²) in [4.78, 5) is 10.1. The van der Waals surface area contributed by atoms with Crippen molar-refractivity contribution in [2.75, 3.05) is 6.54 Å². The number of carboxylic acid groups (broad SMARTS) is 1. The molecule has 0 amide bonds. The Hall–Kier alpha value is -0.570. The second-order valence-electron chi connectivity index (χ2n) is 3.09. The van der Waals surface area contributed by atoms with Crippen LogP contribution in [-0.2, 0) is 4.79 Å². The molecule has 0 aromatic heterocycles. The fourth-order valence-corrected chi connectivity index (χ4v) is 1.53. The molecule has 0 saturated heterocycles. The number of carboxylic acids is 1. The van der Waals surface area contributed by atoms with E-state index in [1.165, 1.54) is 19.3 Å². The monoisotopic (exact) mass is 156 g/mol. The average Bonchev–Trinajstić information content (AvgIpc) is 2.03. The van der Waals surface area contributed by atoms with Crippen molar-refractivity contribution in [3.8, 4) is 0 Å². The van der Waals surface area contributed by atoms with Gasteiger partial charge < -0.3 is 15.2 Å². The van der Waals surface area contributed by atoms with E-state index in [2.05, 4.69) is 5.32 Å². The number of carbonyl (C=O) groups is 1. The lowest BCUT2D eigenvalue weighted by atomic mass is 9.96. The Morgan fingerprint density at radius 3 is 2.55 bits per heavy atom. The van der Waals surface area contributed by atoms with Gasteiger partial charge in [0.25, 0.3) is 0 Å². The average molecular weight is 156 g/mol. The molecule has 1 N–H and O–H groups in total. The quantitative estimate of drug-likeness (QED) is 0.608. The molecular weight excluding hydrogens is 142 g/mol. The van der Waals surface area contributed by atoms with Gasteiger partial charge in [0, 0.05) is 12.6 Å². The molecule has 0 aromatic rings. The highest BCUT2D eigenvalue weighted by atomic mass is 16.4. The van der Waals surface area contributed by atoms with Crippen LogP contribution in [0.25, 0.3) is 0 Å². The number of hydrogen-bond donors (Lipinski definition) is 1. The lowest BCUT2D eigenvalue weighted by molar-refractivity contribution is -0.304. The van der Waals surface area contributed by atoms with Crippen molar-refractivity contribution in [1.82, 2.24) is 5.32 Å². The molecule has 3 heteroatoms. The lowest BCUT2D eigenvalue weighted by Gasteiger charge is -2.22. The first-order valence-electron chi connectivity index (χ1n) is 4.22. The number of nitrogens with one attached hydrogen (secondary N) is 1. The Morgan fingerprint density at radius 1 is 1.36 bits per heavy atom. The summed E-state index contributed by atoms with van der Waals surface area (Å²) in [7, 11) is 0. The Balaban J connectivity index is 2.09. The number of aliphatic carboxylic acids is 1. The standard InChI is InChI=1S/C8H15NO2/c10-8(11)6-9-7-4-2-1-3-5-7/h7,9H,1-6H2,(H,10,11)/p-1. The predicted molar refractivity (Wildman–Crippen MR) is 39.9 cm³/mol. The molecule has 1 aliphatic rings. The van der Waals surface area contributed by atoms with Crippen LogP contribution in [0.5, 0.6) is 0 Å². The largest absolute Gasteiger partial charge is 0.549 e. The van der Waals surface area contributed by atoms with Crippen molar-refractivity contribution in [2.45, 2.75) is 38.1 Å². The van der Waals surface area contributed by atoms with Crippen LogP contribution in [-0.4, -0.2) is 18.6 Å². The van der Waals surface area contributed by atoms with Crippen molar-refractivity contribution < 1.29 is 9.90 Å². The summed E-state index contributed by atoms with van der Waals surface area (Å²) >= 11 is 0. The van der Waals surface area contributed by atoms with Gasteiger partial charge in [-0.1, -0.05) is 19.3 Å². The first-order chi connectivity index (χ1) is 5.29. The van der Waals surface area contributed by atoms with E-state index in [1.807, 2.05) is 0 Å². The molecule has 3 nitrogen and oxygen atoms in total. The molecule has 0 heterocycles. The molecule has 1 saturated carbocycles. The zero-order valence-corrected chi connectivity index (χ0v) is 6.64. The molecule has 11 heavy (non-hydrogen) atoms. The molecule has 0 atom stereocenters. The van der Waals surface area contributed by atoms with Crippen LogP contribution in [0, 0.1) is 0 Å². The van der Waals surface area contributed by atoms with Crippen LogP contribution in [0.4, 0.5) is 0 Å². The molecule has 0 spiro atoms. The topological polar surface area (TPSA) is 52.2 Å². The molecule has 0 aliphatic heterocycles. The van der Waals surface area contributed by atoms with E-state index in [4.69, 9.17) is 0 Å². The molecule has 1 rings (SSSR count). The van der Waals surface area contributed by atoms with Gasteiger partial charge in [-0.2, -0.15) is 0 Å². The van der Waals surface area contributed by atoms with Gasteiger partial charge in [-0.25, -0.2) is 0 Å². The summed E-state index contributed by atoms with van der Waals surface area (Å²) in [5, 5.41) is 13.0. The van der Waals surface area contributed by atoms with E-state index in [0.29, 0.717) is 6.04 Å². The van der Waals surface area contributed by atoms with E-state index in [9.17, 15) is 9.90 Å². The van der Waals surface area contributed by atoms with Crippen LogP contribution in [0.2, 0.25) is 0 Å². The van der Waals surface area contributed by atoms with Crippen molar-refractivity contribution in [3.05, 3.63) is 0 Å². The minimum atomic E-state index is -1.00. The van der Waals surface area contributed by atoms with Crippen molar-refractivity contribution in [2.24, 2.45) is 0 Å². The van der Waals surface area contributed by atoms with Gasteiger partial charge in [0.15, 0.2) is 0 Å². The van der Waals surface area contributed by atoms with Gasteiger partial charge in [0.05, 0.1) is 5.97 Å². The van der Waals surface area contributed by atoms with E-state index in [-0.39, 0.29) is 6.54 Å². The maximum absolute atomic E-state index is 10.1. The zero-order valence-electron chi connectivity index (χ0n) is 6.64. The third-order valence-electron chi connectivity index (χ3n) is 2.14. The van der Waals surface area contributed by atoms with E-state index >= 15 is 0 Å². The molecular formula is C8H14NO2-. The highest BCUT2D eigenvalue weighted by Gasteiger charge is 2.11. The smallest absolute Gasteiger partial charge is 0.0552 e. The zero-order chi connectivity index (χ0) is 8.10. The minimum Gasteiger partial charge on any atom is -0.549 e.